The van der Waals surface area contributed by atoms with Crippen molar-refractivity contribution in [3.8, 4) is 0 Å². The van der Waals surface area contributed by atoms with Crippen LogP contribution in [0.3, 0.4) is 0 Å². The predicted molar refractivity (Wildman–Crippen MR) is 79.1 cm³/mol. The van der Waals surface area contributed by atoms with Gasteiger partial charge in [0.15, 0.2) is 0 Å². The van der Waals surface area contributed by atoms with Crippen molar-refractivity contribution in [2.24, 2.45) is 5.92 Å². The van der Waals surface area contributed by atoms with Gasteiger partial charge in [-0.2, -0.15) is 0 Å². The zero-order chi connectivity index (χ0) is 13.5. The van der Waals surface area contributed by atoms with E-state index in [-0.39, 0.29) is 11.8 Å². The second kappa shape index (κ2) is 7.32. The number of hydrogen-bond acceptors (Lipinski definition) is 1. The molecule has 0 aromatic heterocycles. The third kappa shape index (κ3) is 4.38. The lowest BCUT2D eigenvalue weighted by atomic mass is 10.1. The number of hydrogen-bond donors (Lipinski definition) is 1. The Labute approximate surface area is 116 Å². The average molecular weight is 259 g/mol. The summed E-state index contributed by atoms with van der Waals surface area (Å²) in [6.45, 7) is 3.07. The molecule has 1 aliphatic carbocycles. The number of amides is 1. The Balaban J connectivity index is 1.61. The van der Waals surface area contributed by atoms with Gasteiger partial charge in [-0.05, 0) is 24.3 Å². The minimum atomic E-state index is 0.220. The molecule has 2 nitrogen and oxygen atoms in total. The van der Waals surface area contributed by atoms with Crippen LogP contribution in [0.15, 0.2) is 30.3 Å². The Kier molecular flexibility index (Phi) is 5.44. The fourth-order valence-corrected chi connectivity index (χ4v) is 2.62. The van der Waals surface area contributed by atoms with E-state index in [1.54, 1.807) is 0 Å². The highest BCUT2D eigenvalue weighted by molar-refractivity contribution is 5.82. The average Bonchev–Trinajstić information content (AvgIpc) is 3.24. The van der Waals surface area contributed by atoms with Crippen LogP contribution in [0, 0.1) is 5.92 Å². The van der Waals surface area contributed by atoms with Gasteiger partial charge in [-0.3, -0.25) is 4.79 Å². The standard InChI is InChI=1S/C17H25NO/c1-2-3-4-5-9-12-18-17(19)16-13-15(16)14-10-7-6-8-11-14/h6-8,10-11,15-16H,2-5,9,12-13H2,1H3,(H,18,19)/t15-,16-/m0/s1. The van der Waals surface area contributed by atoms with Crippen LogP contribution in [0.1, 0.15) is 56.9 Å². The van der Waals surface area contributed by atoms with Crippen molar-refractivity contribution >= 4 is 5.91 Å². The zero-order valence-corrected chi connectivity index (χ0v) is 11.9. The summed E-state index contributed by atoms with van der Waals surface area (Å²) < 4.78 is 0. The van der Waals surface area contributed by atoms with Crippen LogP contribution in [0.2, 0.25) is 0 Å². The molecule has 2 rings (SSSR count). The molecule has 104 valence electrons. The lowest BCUT2D eigenvalue weighted by Crippen LogP contribution is -2.26. The summed E-state index contributed by atoms with van der Waals surface area (Å²) >= 11 is 0. The van der Waals surface area contributed by atoms with E-state index in [2.05, 4.69) is 36.5 Å². The third-order valence-corrected chi connectivity index (χ3v) is 3.93. The Morgan fingerprint density at radius 1 is 1.16 bits per heavy atom. The van der Waals surface area contributed by atoms with Crippen LogP contribution >= 0.6 is 0 Å². The first kappa shape index (κ1) is 14.1. The molecule has 1 fully saturated rings. The summed E-state index contributed by atoms with van der Waals surface area (Å²) in [5, 5.41) is 3.08. The molecule has 1 N–H and O–H groups in total. The molecule has 0 radical (unpaired) electrons. The van der Waals surface area contributed by atoms with Crippen molar-refractivity contribution < 1.29 is 4.79 Å². The minimum absolute atomic E-state index is 0.220. The maximum atomic E-state index is 12.0. The van der Waals surface area contributed by atoms with Crippen LogP contribution in [0.5, 0.6) is 0 Å². The van der Waals surface area contributed by atoms with Gasteiger partial charge in [0.25, 0.3) is 0 Å². The summed E-state index contributed by atoms with van der Waals surface area (Å²) in [4.78, 5) is 12.0. The zero-order valence-electron chi connectivity index (χ0n) is 11.9. The Morgan fingerprint density at radius 3 is 2.63 bits per heavy atom. The van der Waals surface area contributed by atoms with Crippen molar-refractivity contribution in [2.75, 3.05) is 6.54 Å². The lowest BCUT2D eigenvalue weighted by Gasteiger charge is -2.05. The first-order valence-electron chi connectivity index (χ1n) is 7.65. The highest BCUT2D eigenvalue weighted by atomic mass is 16.2. The van der Waals surface area contributed by atoms with Gasteiger partial charge in [0.2, 0.25) is 5.91 Å². The summed E-state index contributed by atoms with van der Waals surface area (Å²) in [7, 11) is 0. The molecule has 0 aliphatic heterocycles. The summed E-state index contributed by atoms with van der Waals surface area (Å²) in [5.74, 6) is 0.934. The molecular formula is C17H25NO. The van der Waals surface area contributed by atoms with Crippen molar-refractivity contribution in [3.05, 3.63) is 35.9 Å². The van der Waals surface area contributed by atoms with E-state index in [0.29, 0.717) is 5.92 Å². The number of carbonyl (C=O) groups excluding carboxylic acids is 1. The second-order valence-corrected chi connectivity index (χ2v) is 5.56. The van der Waals surface area contributed by atoms with E-state index in [9.17, 15) is 4.79 Å². The quantitative estimate of drug-likeness (QED) is 0.705. The van der Waals surface area contributed by atoms with E-state index >= 15 is 0 Å². The number of carbonyl (C=O) groups is 1. The fourth-order valence-electron chi connectivity index (χ4n) is 2.62. The monoisotopic (exact) mass is 259 g/mol. The van der Waals surface area contributed by atoms with Gasteiger partial charge < -0.3 is 5.32 Å². The molecule has 1 amide bonds. The summed E-state index contributed by atoms with van der Waals surface area (Å²) in [5.41, 5.74) is 1.31. The predicted octanol–water partition coefficient (Wildman–Crippen LogP) is 3.88. The van der Waals surface area contributed by atoms with E-state index < -0.39 is 0 Å². The largest absolute Gasteiger partial charge is 0.356 e. The van der Waals surface area contributed by atoms with Crippen LogP contribution in [0.4, 0.5) is 0 Å². The van der Waals surface area contributed by atoms with Gasteiger partial charge in [-0.25, -0.2) is 0 Å². The van der Waals surface area contributed by atoms with Crippen LogP contribution in [0.25, 0.3) is 0 Å². The SMILES string of the molecule is CCCCCCCNC(=O)[C@H]1C[C@H]1c1ccccc1. The first-order valence-corrected chi connectivity index (χ1v) is 7.65. The van der Waals surface area contributed by atoms with E-state index in [1.165, 1.54) is 31.2 Å². The van der Waals surface area contributed by atoms with Gasteiger partial charge in [0.1, 0.15) is 0 Å². The lowest BCUT2D eigenvalue weighted by molar-refractivity contribution is -0.122. The minimum Gasteiger partial charge on any atom is -0.356 e. The smallest absolute Gasteiger partial charge is 0.223 e. The highest BCUT2D eigenvalue weighted by Gasteiger charge is 2.43. The van der Waals surface area contributed by atoms with Crippen LogP contribution in [-0.4, -0.2) is 12.5 Å². The number of rotatable bonds is 8. The van der Waals surface area contributed by atoms with E-state index in [1.807, 2.05) is 6.07 Å². The Morgan fingerprint density at radius 2 is 1.89 bits per heavy atom. The normalized spacial score (nSPS) is 21.1. The second-order valence-electron chi connectivity index (χ2n) is 5.56. The van der Waals surface area contributed by atoms with Crippen molar-refractivity contribution in [3.63, 3.8) is 0 Å². The number of nitrogens with one attached hydrogen (secondary N) is 1. The van der Waals surface area contributed by atoms with Gasteiger partial charge in [0.05, 0.1) is 0 Å². The van der Waals surface area contributed by atoms with Gasteiger partial charge in [0, 0.05) is 12.5 Å². The molecule has 0 saturated heterocycles. The maximum Gasteiger partial charge on any atom is 0.223 e. The molecule has 0 unspecified atom stereocenters. The van der Waals surface area contributed by atoms with E-state index in [4.69, 9.17) is 0 Å². The van der Waals surface area contributed by atoms with Gasteiger partial charge in [-0.1, -0.05) is 62.9 Å². The first-order chi connectivity index (χ1) is 9.33. The number of benzene rings is 1. The molecular weight excluding hydrogens is 234 g/mol. The molecule has 1 aliphatic rings. The Hall–Kier alpha value is -1.31. The van der Waals surface area contributed by atoms with Crippen molar-refractivity contribution in [1.29, 1.82) is 0 Å². The fraction of sp³-hybridized carbons (Fsp3) is 0.588. The molecule has 1 aromatic rings. The molecule has 2 atom stereocenters. The molecule has 19 heavy (non-hydrogen) atoms. The summed E-state index contributed by atoms with van der Waals surface area (Å²) in [6, 6.07) is 10.4. The molecule has 0 heterocycles. The van der Waals surface area contributed by atoms with E-state index in [0.717, 1.165) is 19.4 Å². The highest BCUT2D eigenvalue weighted by Crippen LogP contribution is 2.47. The number of unbranched alkanes of at least 4 members (excludes halogenated alkanes) is 4. The molecule has 2 heteroatoms. The van der Waals surface area contributed by atoms with Gasteiger partial charge in [-0.15, -0.1) is 0 Å². The van der Waals surface area contributed by atoms with Crippen LogP contribution in [-0.2, 0) is 4.79 Å². The maximum absolute atomic E-state index is 12.0. The topological polar surface area (TPSA) is 29.1 Å². The molecule has 1 aromatic carbocycles. The molecule has 0 bridgehead atoms. The van der Waals surface area contributed by atoms with Crippen LogP contribution < -0.4 is 5.32 Å². The molecule has 1 saturated carbocycles. The third-order valence-electron chi connectivity index (χ3n) is 3.93. The molecule has 0 spiro atoms. The van der Waals surface area contributed by atoms with Crippen molar-refractivity contribution in [1.82, 2.24) is 5.32 Å². The Bertz CT molecular complexity index is 388. The van der Waals surface area contributed by atoms with Crippen molar-refractivity contribution in [2.45, 2.75) is 51.4 Å². The summed E-state index contributed by atoms with van der Waals surface area (Å²) in [6.07, 6.45) is 7.25. The van der Waals surface area contributed by atoms with Gasteiger partial charge >= 0.3 is 0 Å².